The molecule has 1 unspecified atom stereocenters. The van der Waals surface area contributed by atoms with Gasteiger partial charge in [-0.15, -0.1) is 0 Å². The zero-order valence-corrected chi connectivity index (χ0v) is 11.3. The molecule has 98 valence electrons. The van der Waals surface area contributed by atoms with Gasteiger partial charge in [0.15, 0.2) is 0 Å². The van der Waals surface area contributed by atoms with Crippen LogP contribution in [0.4, 0.5) is 0 Å². The predicted molar refractivity (Wildman–Crippen MR) is 73.5 cm³/mol. The second-order valence-corrected chi connectivity index (χ2v) is 4.25. The Morgan fingerprint density at radius 2 is 2.11 bits per heavy atom. The lowest BCUT2D eigenvalue weighted by molar-refractivity contribution is 0.301. The third-order valence-electron chi connectivity index (χ3n) is 2.99. The van der Waals surface area contributed by atoms with Gasteiger partial charge in [0, 0.05) is 18.0 Å². The molecule has 0 bridgehead atoms. The van der Waals surface area contributed by atoms with Gasteiger partial charge in [-0.25, -0.2) is 0 Å². The highest BCUT2D eigenvalue weighted by molar-refractivity contribution is 5.35. The van der Waals surface area contributed by atoms with Gasteiger partial charge in [0.25, 0.3) is 0 Å². The van der Waals surface area contributed by atoms with Gasteiger partial charge in [0.05, 0.1) is 12.7 Å². The van der Waals surface area contributed by atoms with Gasteiger partial charge in [0.2, 0.25) is 0 Å². The fourth-order valence-electron chi connectivity index (χ4n) is 1.97. The number of nitriles is 1. The molecule has 0 aromatic heterocycles. The molecule has 0 aliphatic rings. The minimum Gasteiger partial charge on any atom is -0.493 e. The average Bonchev–Trinajstić information content (AvgIpc) is 2.41. The number of nitrogens with zero attached hydrogens (tertiary/aromatic N) is 1. The summed E-state index contributed by atoms with van der Waals surface area (Å²) in [7, 11) is 1.97. The number of hydrogen-bond donors (Lipinski definition) is 1. The van der Waals surface area contributed by atoms with Crippen LogP contribution in [0.3, 0.4) is 0 Å². The molecular formula is C15H22N2O. The van der Waals surface area contributed by atoms with E-state index in [0.717, 1.165) is 25.0 Å². The molecule has 0 aliphatic heterocycles. The molecular weight excluding hydrogens is 224 g/mol. The molecule has 0 saturated heterocycles. The van der Waals surface area contributed by atoms with Crippen LogP contribution in [0.5, 0.6) is 5.75 Å². The fraction of sp³-hybridized carbons (Fsp3) is 0.533. The summed E-state index contributed by atoms with van der Waals surface area (Å²) in [4.78, 5) is 0. The number of benzene rings is 1. The van der Waals surface area contributed by atoms with Crippen LogP contribution in [0, 0.1) is 11.3 Å². The predicted octanol–water partition coefficient (Wildman–Crippen LogP) is 3.43. The van der Waals surface area contributed by atoms with Gasteiger partial charge in [-0.3, -0.25) is 0 Å². The Hall–Kier alpha value is -1.53. The largest absolute Gasteiger partial charge is 0.493 e. The highest BCUT2D eigenvalue weighted by atomic mass is 16.5. The molecule has 1 aromatic carbocycles. The fourth-order valence-corrected chi connectivity index (χ4v) is 1.97. The number of para-hydroxylation sites is 1. The van der Waals surface area contributed by atoms with Crippen molar-refractivity contribution in [1.29, 1.82) is 5.26 Å². The van der Waals surface area contributed by atoms with Crippen molar-refractivity contribution < 1.29 is 4.74 Å². The molecule has 0 heterocycles. The maximum absolute atomic E-state index is 8.46. The van der Waals surface area contributed by atoms with E-state index in [4.69, 9.17) is 10.00 Å². The lowest BCUT2D eigenvalue weighted by Gasteiger charge is -2.18. The monoisotopic (exact) mass is 246 g/mol. The van der Waals surface area contributed by atoms with Crippen LogP contribution in [-0.4, -0.2) is 13.7 Å². The van der Waals surface area contributed by atoms with Crippen molar-refractivity contribution in [2.75, 3.05) is 13.7 Å². The van der Waals surface area contributed by atoms with Crippen molar-refractivity contribution in [3.8, 4) is 11.8 Å². The molecule has 0 radical (unpaired) electrons. The van der Waals surface area contributed by atoms with E-state index in [9.17, 15) is 0 Å². The summed E-state index contributed by atoms with van der Waals surface area (Å²) in [5.41, 5.74) is 1.21. The van der Waals surface area contributed by atoms with E-state index in [0.29, 0.717) is 19.1 Å². The third-order valence-corrected chi connectivity index (χ3v) is 2.99. The zero-order valence-electron chi connectivity index (χ0n) is 11.3. The Morgan fingerprint density at radius 1 is 1.33 bits per heavy atom. The summed E-state index contributed by atoms with van der Waals surface area (Å²) in [5, 5.41) is 11.8. The topological polar surface area (TPSA) is 45.0 Å². The van der Waals surface area contributed by atoms with Crippen LogP contribution in [0.1, 0.15) is 44.2 Å². The van der Waals surface area contributed by atoms with E-state index >= 15 is 0 Å². The van der Waals surface area contributed by atoms with E-state index in [1.54, 1.807) is 0 Å². The zero-order chi connectivity index (χ0) is 13.2. The molecule has 1 aromatic rings. The standard InChI is InChI=1S/C15H22N2O/c1-3-14(17-2)13-9-5-6-10-15(13)18-12-8-4-7-11-16/h5-6,9-10,14,17H,3-4,7-8,12H2,1-2H3. The Balaban J connectivity index is 2.56. The van der Waals surface area contributed by atoms with E-state index in [2.05, 4.69) is 24.4 Å². The van der Waals surface area contributed by atoms with Crippen molar-refractivity contribution >= 4 is 0 Å². The van der Waals surface area contributed by atoms with Crippen molar-refractivity contribution in [2.24, 2.45) is 0 Å². The normalized spacial score (nSPS) is 11.8. The van der Waals surface area contributed by atoms with E-state index < -0.39 is 0 Å². The van der Waals surface area contributed by atoms with E-state index in [1.165, 1.54) is 5.56 Å². The minimum absolute atomic E-state index is 0.334. The number of rotatable bonds is 8. The SMILES string of the molecule is CCC(NC)c1ccccc1OCCCCC#N. The van der Waals surface area contributed by atoms with Gasteiger partial charge in [-0.05, 0) is 32.4 Å². The minimum atomic E-state index is 0.334. The van der Waals surface area contributed by atoms with Crippen LogP contribution < -0.4 is 10.1 Å². The molecule has 0 amide bonds. The van der Waals surface area contributed by atoms with Crippen LogP contribution in [0.25, 0.3) is 0 Å². The molecule has 3 nitrogen and oxygen atoms in total. The Labute approximate surface area is 110 Å². The van der Waals surface area contributed by atoms with Gasteiger partial charge in [-0.2, -0.15) is 5.26 Å². The second kappa shape index (κ2) is 8.54. The second-order valence-electron chi connectivity index (χ2n) is 4.25. The van der Waals surface area contributed by atoms with Gasteiger partial charge < -0.3 is 10.1 Å². The number of hydrogen-bond acceptors (Lipinski definition) is 3. The first-order chi connectivity index (χ1) is 8.83. The maximum Gasteiger partial charge on any atom is 0.124 e. The molecule has 0 aliphatic carbocycles. The number of unbranched alkanes of at least 4 members (excludes halogenated alkanes) is 2. The van der Waals surface area contributed by atoms with Crippen LogP contribution in [0.2, 0.25) is 0 Å². The number of nitrogens with one attached hydrogen (secondary N) is 1. The van der Waals surface area contributed by atoms with E-state index in [1.807, 2.05) is 25.2 Å². The average molecular weight is 246 g/mol. The van der Waals surface area contributed by atoms with Gasteiger partial charge in [0.1, 0.15) is 5.75 Å². The van der Waals surface area contributed by atoms with Crippen molar-refractivity contribution in [3.63, 3.8) is 0 Å². The van der Waals surface area contributed by atoms with Crippen molar-refractivity contribution in [3.05, 3.63) is 29.8 Å². The summed E-state index contributed by atoms with van der Waals surface area (Å²) in [5.74, 6) is 0.954. The quantitative estimate of drug-likeness (QED) is 0.715. The van der Waals surface area contributed by atoms with Crippen molar-refractivity contribution in [2.45, 2.75) is 38.6 Å². The van der Waals surface area contributed by atoms with Crippen molar-refractivity contribution in [1.82, 2.24) is 5.32 Å². The molecule has 1 N–H and O–H groups in total. The lowest BCUT2D eigenvalue weighted by atomic mass is 10.0. The summed E-state index contributed by atoms with van der Waals surface area (Å²) in [6.07, 6.45) is 3.48. The van der Waals surface area contributed by atoms with Crippen LogP contribution in [0.15, 0.2) is 24.3 Å². The van der Waals surface area contributed by atoms with Gasteiger partial charge >= 0.3 is 0 Å². The lowest BCUT2D eigenvalue weighted by Crippen LogP contribution is -2.16. The first kappa shape index (κ1) is 14.5. The number of ether oxygens (including phenoxy) is 1. The smallest absolute Gasteiger partial charge is 0.124 e. The summed E-state index contributed by atoms with van der Waals surface area (Å²) >= 11 is 0. The Morgan fingerprint density at radius 3 is 2.78 bits per heavy atom. The Bertz CT molecular complexity index is 380. The molecule has 18 heavy (non-hydrogen) atoms. The molecule has 0 fully saturated rings. The highest BCUT2D eigenvalue weighted by Gasteiger charge is 2.11. The summed E-state index contributed by atoms with van der Waals surface area (Å²) in [6.45, 7) is 2.84. The summed E-state index contributed by atoms with van der Waals surface area (Å²) < 4.78 is 5.82. The maximum atomic E-state index is 8.46. The van der Waals surface area contributed by atoms with E-state index in [-0.39, 0.29) is 0 Å². The summed E-state index contributed by atoms with van der Waals surface area (Å²) in [6, 6.07) is 10.6. The molecule has 1 rings (SSSR count). The third kappa shape index (κ3) is 4.38. The highest BCUT2D eigenvalue weighted by Crippen LogP contribution is 2.26. The Kier molecular flexibility index (Phi) is 6.90. The van der Waals surface area contributed by atoms with Crippen LogP contribution >= 0.6 is 0 Å². The molecule has 1 atom stereocenters. The molecule has 0 spiro atoms. The van der Waals surface area contributed by atoms with Crippen LogP contribution in [-0.2, 0) is 0 Å². The van der Waals surface area contributed by atoms with Gasteiger partial charge in [-0.1, -0.05) is 25.1 Å². The molecule has 3 heteroatoms. The first-order valence-electron chi connectivity index (χ1n) is 6.59. The first-order valence-corrected chi connectivity index (χ1v) is 6.59. The molecule has 0 saturated carbocycles.